The number of hydrogen-bond acceptors (Lipinski definition) is 5. The molecule has 0 radical (unpaired) electrons. The second kappa shape index (κ2) is 4.38. The largest absolute Gasteiger partial charge is 0.497 e. The van der Waals surface area contributed by atoms with Crippen LogP contribution in [0.5, 0.6) is 0 Å². The molecule has 3 rings (SSSR count). The number of hydrogen-bond donors (Lipinski definition) is 1. The van der Waals surface area contributed by atoms with Crippen LogP contribution in [0.2, 0.25) is 0 Å². The van der Waals surface area contributed by atoms with Crippen LogP contribution in [0.25, 0.3) is 10.9 Å². The van der Waals surface area contributed by atoms with E-state index in [1.165, 1.54) is 6.20 Å². The maximum atomic E-state index is 14.7. The molecule has 0 saturated carbocycles. The number of anilines is 1. The van der Waals surface area contributed by atoms with E-state index in [2.05, 4.69) is 9.97 Å². The Labute approximate surface area is 122 Å². The van der Waals surface area contributed by atoms with Crippen molar-refractivity contribution < 1.29 is 13.7 Å². The third-order valence-corrected chi connectivity index (χ3v) is 4.25. The summed E-state index contributed by atoms with van der Waals surface area (Å²) in [5.74, 6) is -0.323. The van der Waals surface area contributed by atoms with Crippen LogP contribution in [0.15, 0.2) is 18.3 Å². The molecule has 0 unspecified atom stereocenters. The van der Waals surface area contributed by atoms with Crippen LogP contribution in [-0.4, -0.2) is 28.3 Å². The quantitative estimate of drug-likeness (QED) is 0.808. The first-order valence-electron chi connectivity index (χ1n) is 6.77. The number of aromatic nitrogens is 2. The lowest BCUT2D eigenvalue weighted by atomic mass is 9.78. The van der Waals surface area contributed by atoms with Gasteiger partial charge in [0, 0.05) is 11.7 Å². The van der Waals surface area contributed by atoms with Crippen LogP contribution in [0.4, 0.5) is 10.3 Å². The molecule has 7 heteroatoms. The van der Waals surface area contributed by atoms with Crippen molar-refractivity contribution in [2.75, 3.05) is 5.73 Å². The molecule has 2 aromatic rings. The predicted octanol–water partition coefficient (Wildman–Crippen LogP) is 1.65. The summed E-state index contributed by atoms with van der Waals surface area (Å²) in [5.41, 5.74) is 5.28. The van der Waals surface area contributed by atoms with Crippen LogP contribution in [0.3, 0.4) is 0 Å². The van der Waals surface area contributed by atoms with Gasteiger partial charge in [0.25, 0.3) is 0 Å². The molecule has 0 atom stereocenters. The van der Waals surface area contributed by atoms with E-state index in [-0.39, 0.29) is 5.95 Å². The molecule has 2 N–H and O–H groups in total. The Morgan fingerprint density at radius 2 is 1.76 bits per heavy atom. The first kappa shape index (κ1) is 14.2. The normalized spacial score (nSPS) is 20.1. The Hall–Kier alpha value is -1.73. The number of nitrogens with zero attached hydrogens (tertiary/aromatic N) is 2. The Balaban J connectivity index is 2.07. The van der Waals surface area contributed by atoms with Gasteiger partial charge in [-0.2, -0.15) is 0 Å². The van der Waals surface area contributed by atoms with Gasteiger partial charge in [0.05, 0.1) is 22.1 Å². The summed E-state index contributed by atoms with van der Waals surface area (Å²) >= 11 is 0. The molecular weight excluding hydrogens is 272 g/mol. The molecule has 5 nitrogen and oxygen atoms in total. The van der Waals surface area contributed by atoms with Crippen LogP contribution < -0.4 is 11.2 Å². The van der Waals surface area contributed by atoms with Crippen molar-refractivity contribution in [1.82, 2.24) is 9.97 Å². The summed E-state index contributed by atoms with van der Waals surface area (Å²) in [6, 6.07) is 3.31. The van der Waals surface area contributed by atoms with Crippen LogP contribution >= 0.6 is 0 Å². The van der Waals surface area contributed by atoms with Crippen LogP contribution in [0, 0.1) is 5.82 Å². The molecule has 0 spiro atoms. The highest BCUT2D eigenvalue weighted by molar-refractivity contribution is 6.62. The molecular formula is C14H17BFN3O2. The van der Waals surface area contributed by atoms with Crippen molar-refractivity contribution in [2.45, 2.75) is 38.9 Å². The average molecular weight is 289 g/mol. The molecule has 0 aliphatic carbocycles. The topological polar surface area (TPSA) is 70.3 Å². The van der Waals surface area contributed by atoms with Gasteiger partial charge in [0.2, 0.25) is 5.95 Å². The predicted molar refractivity (Wildman–Crippen MR) is 79.6 cm³/mol. The van der Waals surface area contributed by atoms with Crippen LogP contribution in [-0.2, 0) is 9.31 Å². The van der Waals surface area contributed by atoms with Gasteiger partial charge < -0.3 is 15.0 Å². The maximum Gasteiger partial charge on any atom is 0.497 e. The summed E-state index contributed by atoms with van der Waals surface area (Å²) in [4.78, 5) is 7.84. The van der Waals surface area contributed by atoms with Gasteiger partial charge in [0.15, 0.2) is 0 Å². The van der Waals surface area contributed by atoms with E-state index in [0.29, 0.717) is 16.4 Å². The van der Waals surface area contributed by atoms with E-state index < -0.39 is 24.1 Å². The monoisotopic (exact) mass is 289 g/mol. The highest BCUT2D eigenvalue weighted by atomic mass is 19.1. The van der Waals surface area contributed by atoms with Crippen molar-refractivity contribution in [2.24, 2.45) is 0 Å². The summed E-state index contributed by atoms with van der Waals surface area (Å²) < 4.78 is 26.4. The van der Waals surface area contributed by atoms with Gasteiger partial charge in [-0.3, -0.25) is 0 Å². The summed E-state index contributed by atoms with van der Waals surface area (Å²) in [6.45, 7) is 7.71. The minimum Gasteiger partial charge on any atom is -0.399 e. The standard InChI is InChI=1S/C14H17BFN3O2/c1-13(2)14(3,4)21-15(20-13)9-5-6-10-8(11(9)16)7-18-12(17)19-10/h5-7H,1-4H3,(H2,17,18,19). The third-order valence-electron chi connectivity index (χ3n) is 4.25. The van der Waals surface area contributed by atoms with Gasteiger partial charge in [-0.15, -0.1) is 0 Å². The Morgan fingerprint density at radius 3 is 2.38 bits per heavy atom. The molecule has 0 amide bonds. The Bertz CT molecular complexity index is 705. The number of fused-ring (bicyclic) bond motifs is 1. The fourth-order valence-electron chi connectivity index (χ4n) is 2.25. The molecule has 0 bridgehead atoms. The lowest BCUT2D eigenvalue weighted by Crippen LogP contribution is -2.41. The first-order chi connectivity index (χ1) is 9.71. The number of nitrogen functional groups attached to an aromatic ring is 1. The van der Waals surface area contributed by atoms with Crippen molar-refractivity contribution in [1.29, 1.82) is 0 Å². The molecule has 1 aromatic carbocycles. The number of rotatable bonds is 1. The second-order valence-corrected chi connectivity index (χ2v) is 6.22. The summed E-state index contributed by atoms with van der Waals surface area (Å²) in [6.07, 6.45) is 1.38. The highest BCUT2D eigenvalue weighted by Crippen LogP contribution is 2.36. The maximum absolute atomic E-state index is 14.7. The molecule has 21 heavy (non-hydrogen) atoms. The van der Waals surface area contributed by atoms with E-state index in [9.17, 15) is 4.39 Å². The number of benzene rings is 1. The third kappa shape index (κ3) is 2.17. The fourth-order valence-corrected chi connectivity index (χ4v) is 2.25. The summed E-state index contributed by atoms with van der Waals surface area (Å²) in [7, 11) is -0.753. The minimum atomic E-state index is -0.753. The Kier molecular flexibility index (Phi) is 2.97. The fraction of sp³-hybridized carbons (Fsp3) is 0.429. The van der Waals surface area contributed by atoms with Crippen molar-refractivity contribution in [3.05, 3.63) is 24.1 Å². The van der Waals surface area contributed by atoms with Gasteiger partial charge >= 0.3 is 7.12 Å². The number of halogens is 1. The second-order valence-electron chi connectivity index (χ2n) is 6.22. The molecule has 1 aromatic heterocycles. The van der Waals surface area contributed by atoms with Gasteiger partial charge in [0.1, 0.15) is 5.82 Å². The molecule has 1 aliphatic heterocycles. The highest BCUT2D eigenvalue weighted by Gasteiger charge is 2.52. The van der Waals surface area contributed by atoms with E-state index in [1.807, 2.05) is 27.7 Å². The van der Waals surface area contributed by atoms with Gasteiger partial charge in [-0.05, 0) is 33.8 Å². The molecule has 1 fully saturated rings. The van der Waals surface area contributed by atoms with E-state index in [0.717, 1.165) is 0 Å². The number of nitrogens with two attached hydrogens (primary N) is 1. The van der Waals surface area contributed by atoms with E-state index in [4.69, 9.17) is 15.0 Å². The Morgan fingerprint density at radius 1 is 1.14 bits per heavy atom. The van der Waals surface area contributed by atoms with Crippen molar-refractivity contribution >= 4 is 29.4 Å². The van der Waals surface area contributed by atoms with Crippen molar-refractivity contribution in [3.63, 3.8) is 0 Å². The smallest absolute Gasteiger partial charge is 0.399 e. The van der Waals surface area contributed by atoms with Crippen molar-refractivity contribution in [3.8, 4) is 0 Å². The average Bonchev–Trinajstić information content (AvgIpc) is 2.58. The van der Waals surface area contributed by atoms with Gasteiger partial charge in [-0.1, -0.05) is 6.07 Å². The first-order valence-corrected chi connectivity index (χ1v) is 6.77. The lowest BCUT2D eigenvalue weighted by Gasteiger charge is -2.32. The zero-order valence-electron chi connectivity index (χ0n) is 12.5. The molecule has 2 heterocycles. The minimum absolute atomic E-state index is 0.116. The zero-order valence-corrected chi connectivity index (χ0v) is 12.5. The SMILES string of the molecule is CC1(C)OB(c2ccc3nc(N)ncc3c2F)OC1(C)C. The van der Waals surface area contributed by atoms with Crippen LogP contribution in [0.1, 0.15) is 27.7 Å². The molecule has 1 aliphatic rings. The van der Waals surface area contributed by atoms with Gasteiger partial charge in [-0.25, -0.2) is 14.4 Å². The summed E-state index contributed by atoms with van der Waals surface area (Å²) in [5, 5.41) is 0.302. The molecule has 1 saturated heterocycles. The lowest BCUT2D eigenvalue weighted by molar-refractivity contribution is 0.00578. The van der Waals surface area contributed by atoms with E-state index >= 15 is 0 Å². The zero-order chi connectivity index (χ0) is 15.4. The van der Waals surface area contributed by atoms with E-state index in [1.54, 1.807) is 12.1 Å². The molecule has 110 valence electrons.